The average molecular weight is 303 g/mol. The van der Waals surface area contributed by atoms with Crippen molar-refractivity contribution in [3.8, 4) is 5.75 Å². The SMILES string of the molecule is O=C(COc1cccc(CO)c1)N1CCc2sccc2C1. The van der Waals surface area contributed by atoms with Crippen LogP contribution in [0.25, 0.3) is 0 Å². The molecule has 0 saturated carbocycles. The van der Waals surface area contributed by atoms with E-state index in [-0.39, 0.29) is 19.1 Å². The number of fused-ring (bicyclic) bond motifs is 1. The summed E-state index contributed by atoms with van der Waals surface area (Å²) in [7, 11) is 0. The number of carbonyl (C=O) groups excluding carboxylic acids is 1. The molecule has 2 heterocycles. The molecule has 1 aliphatic heterocycles. The molecular weight excluding hydrogens is 286 g/mol. The lowest BCUT2D eigenvalue weighted by Gasteiger charge is -2.27. The van der Waals surface area contributed by atoms with Crippen molar-refractivity contribution in [3.05, 3.63) is 51.7 Å². The predicted octanol–water partition coefficient (Wildman–Crippen LogP) is 2.20. The van der Waals surface area contributed by atoms with E-state index in [9.17, 15) is 4.79 Å². The summed E-state index contributed by atoms with van der Waals surface area (Å²) >= 11 is 1.76. The van der Waals surface area contributed by atoms with Gasteiger partial charge in [-0.2, -0.15) is 0 Å². The van der Waals surface area contributed by atoms with E-state index in [4.69, 9.17) is 9.84 Å². The fourth-order valence-electron chi connectivity index (χ4n) is 2.43. The number of thiophene rings is 1. The smallest absolute Gasteiger partial charge is 0.260 e. The number of rotatable bonds is 4. The maximum absolute atomic E-state index is 12.2. The van der Waals surface area contributed by atoms with Crippen molar-refractivity contribution in [1.29, 1.82) is 0 Å². The minimum atomic E-state index is -0.0296. The molecule has 0 bridgehead atoms. The summed E-state index contributed by atoms with van der Waals surface area (Å²) in [4.78, 5) is 15.4. The van der Waals surface area contributed by atoms with Crippen LogP contribution >= 0.6 is 11.3 Å². The molecular formula is C16H17NO3S. The molecule has 1 N–H and O–H groups in total. The summed E-state index contributed by atoms with van der Waals surface area (Å²) in [5.41, 5.74) is 2.03. The molecule has 0 radical (unpaired) electrons. The van der Waals surface area contributed by atoms with Crippen LogP contribution in [0.3, 0.4) is 0 Å². The third kappa shape index (κ3) is 3.25. The number of amides is 1. The maximum Gasteiger partial charge on any atom is 0.260 e. The number of carbonyl (C=O) groups is 1. The van der Waals surface area contributed by atoms with Gasteiger partial charge in [0.1, 0.15) is 5.75 Å². The Kier molecular flexibility index (Phi) is 4.22. The largest absolute Gasteiger partial charge is 0.484 e. The van der Waals surface area contributed by atoms with Crippen molar-refractivity contribution in [2.75, 3.05) is 13.2 Å². The highest BCUT2D eigenvalue weighted by molar-refractivity contribution is 7.10. The van der Waals surface area contributed by atoms with Crippen LogP contribution in [-0.4, -0.2) is 29.1 Å². The molecule has 4 nitrogen and oxygen atoms in total. The van der Waals surface area contributed by atoms with Gasteiger partial charge in [-0.05, 0) is 41.1 Å². The number of aliphatic hydroxyl groups excluding tert-OH is 1. The summed E-state index contributed by atoms with van der Waals surface area (Å²) in [6, 6.07) is 9.26. The number of hydrogen-bond acceptors (Lipinski definition) is 4. The van der Waals surface area contributed by atoms with E-state index < -0.39 is 0 Å². The van der Waals surface area contributed by atoms with Gasteiger partial charge in [-0.15, -0.1) is 11.3 Å². The van der Waals surface area contributed by atoms with Gasteiger partial charge in [-0.1, -0.05) is 12.1 Å². The zero-order chi connectivity index (χ0) is 14.7. The van der Waals surface area contributed by atoms with E-state index in [1.165, 1.54) is 10.4 Å². The van der Waals surface area contributed by atoms with E-state index in [0.717, 1.165) is 18.5 Å². The Morgan fingerprint density at radius 1 is 1.38 bits per heavy atom. The summed E-state index contributed by atoms with van der Waals surface area (Å²) in [5.74, 6) is 0.615. The molecule has 5 heteroatoms. The average Bonchev–Trinajstić information content (AvgIpc) is 3.00. The van der Waals surface area contributed by atoms with E-state index in [0.29, 0.717) is 12.3 Å². The summed E-state index contributed by atoms with van der Waals surface area (Å²) in [6.45, 7) is 1.44. The Labute approximate surface area is 127 Å². The minimum absolute atomic E-state index is 0.00116. The van der Waals surface area contributed by atoms with Crippen molar-refractivity contribution in [2.45, 2.75) is 19.6 Å². The Morgan fingerprint density at radius 2 is 2.29 bits per heavy atom. The summed E-state index contributed by atoms with van der Waals surface area (Å²) < 4.78 is 5.53. The highest BCUT2D eigenvalue weighted by Crippen LogP contribution is 2.24. The van der Waals surface area contributed by atoms with E-state index >= 15 is 0 Å². The van der Waals surface area contributed by atoms with Crippen molar-refractivity contribution in [2.24, 2.45) is 0 Å². The molecule has 0 unspecified atom stereocenters. The second-order valence-corrected chi connectivity index (χ2v) is 6.03. The second-order valence-electron chi connectivity index (χ2n) is 5.03. The van der Waals surface area contributed by atoms with Crippen LogP contribution in [-0.2, 0) is 24.4 Å². The maximum atomic E-state index is 12.2. The molecule has 0 spiro atoms. The molecule has 0 atom stereocenters. The van der Waals surface area contributed by atoms with E-state index in [1.54, 1.807) is 23.5 Å². The number of ether oxygens (including phenoxy) is 1. The molecule has 0 aliphatic carbocycles. The Bertz CT molecular complexity index is 638. The molecule has 110 valence electrons. The fourth-order valence-corrected chi connectivity index (χ4v) is 3.32. The zero-order valence-electron chi connectivity index (χ0n) is 11.6. The number of aliphatic hydroxyl groups is 1. The predicted molar refractivity (Wildman–Crippen MR) is 81.3 cm³/mol. The van der Waals surface area contributed by atoms with Gasteiger partial charge < -0.3 is 14.7 Å². The van der Waals surface area contributed by atoms with Crippen LogP contribution in [0, 0.1) is 0 Å². The molecule has 1 aliphatic rings. The van der Waals surface area contributed by atoms with Crippen LogP contribution in [0.5, 0.6) is 5.75 Å². The molecule has 2 aromatic rings. The molecule has 21 heavy (non-hydrogen) atoms. The molecule has 1 amide bonds. The summed E-state index contributed by atoms with van der Waals surface area (Å²) in [5, 5.41) is 11.2. The monoisotopic (exact) mass is 303 g/mol. The first-order chi connectivity index (χ1) is 10.3. The van der Waals surface area contributed by atoms with Gasteiger partial charge in [0, 0.05) is 18.0 Å². The first-order valence-corrected chi connectivity index (χ1v) is 7.80. The second kappa shape index (κ2) is 6.28. The standard InChI is InChI=1S/C16H17NO3S/c18-10-12-2-1-3-14(8-12)20-11-16(19)17-6-4-15-13(9-17)5-7-21-15/h1-3,5,7-8,18H,4,6,9-11H2. The highest BCUT2D eigenvalue weighted by atomic mass is 32.1. The van der Waals surface area contributed by atoms with E-state index in [2.05, 4.69) is 11.4 Å². The van der Waals surface area contributed by atoms with Gasteiger partial charge in [0.2, 0.25) is 0 Å². The van der Waals surface area contributed by atoms with Gasteiger partial charge in [0.05, 0.1) is 6.61 Å². The van der Waals surface area contributed by atoms with Gasteiger partial charge in [-0.3, -0.25) is 4.79 Å². The zero-order valence-corrected chi connectivity index (χ0v) is 12.4. The van der Waals surface area contributed by atoms with Crippen LogP contribution in [0.15, 0.2) is 35.7 Å². The third-order valence-electron chi connectivity index (χ3n) is 3.60. The topological polar surface area (TPSA) is 49.8 Å². The molecule has 3 rings (SSSR count). The highest BCUT2D eigenvalue weighted by Gasteiger charge is 2.21. The van der Waals surface area contributed by atoms with Gasteiger partial charge >= 0.3 is 0 Å². The van der Waals surface area contributed by atoms with E-state index in [1.807, 2.05) is 17.0 Å². The molecule has 1 aromatic carbocycles. The Morgan fingerprint density at radius 3 is 3.14 bits per heavy atom. The lowest BCUT2D eigenvalue weighted by Crippen LogP contribution is -2.38. The normalized spacial score (nSPS) is 13.9. The van der Waals surface area contributed by atoms with Crippen LogP contribution < -0.4 is 4.74 Å². The molecule has 0 saturated heterocycles. The van der Waals surface area contributed by atoms with Crippen molar-refractivity contribution < 1.29 is 14.6 Å². The number of benzene rings is 1. The minimum Gasteiger partial charge on any atom is -0.484 e. The van der Waals surface area contributed by atoms with Gasteiger partial charge in [-0.25, -0.2) is 0 Å². The number of hydrogen-bond donors (Lipinski definition) is 1. The third-order valence-corrected chi connectivity index (χ3v) is 4.63. The van der Waals surface area contributed by atoms with Crippen molar-refractivity contribution in [3.63, 3.8) is 0 Å². The van der Waals surface area contributed by atoms with Crippen LogP contribution in [0.4, 0.5) is 0 Å². The van der Waals surface area contributed by atoms with Gasteiger partial charge in [0.15, 0.2) is 6.61 Å². The first kappa shape index (κ1) is 14.1. The van der Waals surface area contributed by atoms with Crippen molar-refractivity contribution in [1.82, 2.24) is 4.90 Å². The summed E-state index contributed by atoms with van der Waals surface area (Å²) in [6.07, 6.45) is 0.929. The first-order valence-electron chi connectivity index (χ1n) is 6.92. The molecule has 0 fully saturated rings. The lowest BCUT2D eigenvalue weighted by atomic mass is 10.1. The quantitative estimate of drug-likeness (QED) is 0.942. The Hall–Kier alpha value is -1.85. The van der Waals surface area contributed by atoms with Crippen molar-refractivity contribution >= 4 is 17.2 Å². The fraction of sp³-hybridized carbons (Fsp3) is 0.312. The number of nitrogens with zero attached hydrogens (tertiary/aromatic N) is 1. The van der Waals surface area contributed by atoms with Crippen LogP contribution in [0.1, 0.15) is 16.0 Å². The van der Waals surface area contributed by atoms with Crippen LogP contribution in [0.2, 0.25) is 0 Å². The lowest BCUT2D eigenvalue weighted by molar-refractivity contribution is -0.134. The molecule has 1 aromatic heterocycles. The Balaban J connectivity index is 1.57. The van der Waals surface area contributed by atoms with Gasteiger partial charge in [0.25, 0.3) is 5.91 Å².